The number of pyridine rings is 1. The molecule has 0 aromatic carbocycles. The summed E-state index contributed by atoms with van der Waals surface area (Å²) in [6.07, 6.45) is 3.63. The molecule has 0 saturated carbocycles. The molecule has 0 fully saturated rings. The first-order chi connectivity index (χ1) is 6.43. The van der Waals surface area contributed by atoms with Crippen molar-refractivity contribution < 1.29 is 18.2 Å². The highest BCUT2D eigenvalue weighted by atomic mass is 32.2. The van der Waals surface area contributed by atoms with Crippen molar-refractivity contribution in [2.45, 2.75) is 0 Å². The summed E-state index contributed by atoms with van der Waals surface area (Å²) in [7, 11) is -3.67. The van der Waals surface area contributed by atoms with E-state index in [2.05, 4.69) is 10.1 Å². The largest absolute Gasteiger partial charge is 0.411 e. The summed E-state index contributed by atoms with van der Waals surface area (Å²) in [4.78, 5) is 3.86. The molecule has 1 aromatic heterocycles. The van der Waals surface area contributed by atoms with Gasteiger partial charge in [0.2, 0.25) is 0 Å². The van der Waals surface area contributed by atoms with Crippen LogP contribution >= 0.6 is 0 Å². The van der Waals surface area contributed by atoms with Crippen LogP contribution in [0.25, 0.3) is 0 Å². The van der Waals surface area contributed by atoms with Crippen LogP contribution in [0.5, 0.6) is 0 Å². The molecule has 0 atom stereocenters. The van der Waals surface area contributed by atoms with E-state index in [4.69, 9.17) is 9.76 Å². The predicted octanol–water partition coefficient (Wildman–Crippen LogP) is 0.394. The first-order valence-corrected chi connectivity index (χ1v) is 5.29. The van der Waals surface area contributed by atoms with Gasteiger partial charge in [0.15, 0.2) is 0 Å². The molecule has 1 rings (SSSR count). The molecule has 0 aliphatic heterocycles. The Kier molecular flexibility index (Phi) is 5.42. The molecule has 0 spiro atoms. The maximum Gasteiger partial charge on any atom is 0.261 e. The highest BCUT2D eigenvalue weighted by Gasteiger charge is 1.82. The van der Waals surface area contributed by atoms with E-state index in [-0.39, 0.29) is 0 Å². The lowest BCUT2D eigenvalue weighted by atomic mass is 10.4. The van der Waals surface area contributed by atoms with E-state index >= 15 is 0 Å². The molecule has 6 nitrogen and oxygen atoms in total. The van der Waals surface area contributed by atoms with Crippen LogP contribution in [0, 0.1) is 0 Å². The van der Waals surface area contributed by atoms with Crippen molar-refractivity contribution in [2.75, 3.05) is 6.26 Å². The molecular weight excluding hydrogens is 208 g/mol. The molecule has 0 radical (unpaired) electrons. The number of hydrogen-bond acceptors (Lipinski definition) is 5. The summed E-state index contributed by atoms with van der Waals surface area (Å²) in [6, 6.07) is 5.37. The van der Waals surface area contributed by atoms with Gasteiger partial charge in [-0.15, -0.1) is 0 Å². The second kappa shape index (κ2) is 6.06. The SMILES string of the molecule is CS(=O)(=O)O.ON=Cc1ccccn1. The van der Waals surface area contributed by atoms with Gasteiger partial charge in [0.25, 0.3) is 10.1 Å². The van der Waals surface area contributed by atoms with Gasteiger partial charge in [-0.1, -0.05) is 11.2 Å². The lowest BCUT2D eigenvalue weighted by molar-refractivity contribution is 0.321. The van der Waals surface area contributed by atoms with Gasteiger partial charge in [-0.2, -0.15) is 8.42 Å². The van der Waals surface area contributed by atoms with Gasteiger partial charge in [-0.3, -0.25) is 9.54 Å². The highest BCUT2D eigenvalue weighted by molar-refractivity contribution is 7.85. The molecule has 1 heterocycles. The van der Waals surface area contributed by atoms with Crippen molar-refractivity contribution in [3.63, 3.8) is 0 Å². The van der Waals surface area contributed by atoms with E-state index in [0.717, 1.165) is 0 Å². The average molecular weight is 218 g/mol. The van der Waals surface area contributed by atoms with Crippen LogP contribution in [0.15, 0.2) is 29.6 Å². The monoisotopic (exact) mass is 218 g/mol. The van der Waals surface area contributed by atoms with Crippen LogP contribution in [0.1, 0.15) is 5.69 Å². The third-order valence-electron chi connectivity index (χ3n) is 0.878. The van der Waals surface area contributed by atoms with Crippen molar-refractivity contribution in [1.82, 2.24) is 4.98 Å². The molecule has 0 amide bonds. The Hall–Kier alpha value is -1.47. The van der Waals surface area contributed by atoms with Gasteiger partial charge in [0.05, 0.1) is 18.2 Å². The normalized spacial score (nSPS) is 10.7. The number of rotatable bonds is 1. The molecule has 0 aliphatic rings. The third-order valence-corrected chi connectivity index (χ3v) is 0.878. The van der Waals surface area contributed by atoms with Gasteiger partial charge < -0.3 is 5.21 Å². The quantitative estimate of drug-likeness (QED) is 0.307. The van der Waals surface area contributed by atoms with Crippen LogP contribution in [-0.4, -0.2) is 35.6 Å². The van der Waals surface area contributed by atoms with Crippen molar-refractivity contribution >= 4 is 16.3 Å². The Morgan fingerprint density at radius 1 is 1.50 bits per heavy atom. The summed E-state index contributed by atoms with van der Waals surface area (Å²) >= 11 is 0. The molecule has 1 aromatic rings. The minimum Gasteiger partial charge on any atom is -0.411 e. The summed E-state index contributed by atoms with van der Waals surface area (Å²) in [6.45, 7) is 0. The van der Waals surface area contributed by atoms with Crippen LogP contribution < -0.4 is 0 Å². The minimum atomic E-state index is -3.67. The van der Waals surface area contributed by atoms with E-state index in [0.29, 0.717) is 11.9 Å². The lowest BCUT2D eigenvalue weighted by Gasteiger charge is -1.84. The summed E-state index contributed by atoms with van der Waals surface area (Å²) in [5.74, 6) is 0. The van der Waals surface area contributed by atoms with Crippen molar-refractivity contribution in [2.24, 2.45) is 5.16 Å². The van der Waals surface area contributed by atoms with E-state index in [9.17, 15) is 8.42 Å². The van der Waals surface area contributed by atoms with Crippen molar-refractivity contribution in [3.8, 4) is 0 Å². The standard InChI is InChI=1S/C6H6N2O.CH4O3S/c9-8-5-6-3-1-2-4-7-6;1-5(2,3)4/h1-5,9H;1H3,(H,2,3,4). The molecule has 0 saturated heterocycles. The van der Waals surface area contributed by atoms with Gasteiger partial charge in [0, 0.05) is 6.20 Å². The number of nitrogens with zero attached hydrogens (tertiary/aromatic N) is 2. The zero-order valence-corrected chi connectivity index (χ0v) is 8.22. The summed E-state index contributed by atoms with van der Waals surface area (Å²) in [5.41, 5.74) is 0.653. The van der Waals surface area contributed by atoms with E-state index in [1.54, 1.807) is 18.3 Å². The third kappa shape index (κ3) is 10.5. The molecule has 0 bridgehead atoms. The Balaban J connectivity index is 0.000000292. The Labute approximate surface area is 81.7 Å². The van der Waals surface area contributed by atoms with Crippen LogP contribution in [0.4, 0.5) is 0 Å². The highest BCUT2D eigenvalue weighted by Crippen LogP contribution is 1.86. The van der Waals surface area contributed by atoms with Gasteiger partial charge in [0.1, 0.15) is 0 Å². The van der Waals surface area contributed by atoms with Crippen LogP contribution in [-0.2, 0) is 10.1 Å². The molecule has 7 heteroatoms. The smallest absolute Gasteiger partial charge is 0.261 e. The molecule has 0 aliphatic carbocycles. The fourth-order valence-electron chi connectivity index (χ4n) is 0.511. The maximum atomic E-state index is 9.19. The number of oxime groups is 1. The minimum absolute atomic E-state index is 0.653. The first-order valence-electron chi connectivity index (χ1n) is 3.44. The predicted molar refractivity (Wildman–Crippen MR) is 51.1 cm³/mol. The zero-order chi connectivity index (χ0) is 11.0. The Morgan fingerprint density at radius 3 is 2.43 bits per heavy atom. The van der Waals surface area contributed by atoms with E-state index in [1.807, 2.05) is 6.07 Å². The molecule has 78 valence electrons. The fourth-order valence-corrected chi connectivity index (χ4v) is 0.511. The van der Waals surface area contributed by atoms with Gasteiger partial charge >= 0.3 is 0 Å². The first kappa shape index (κ1) is 12.5. The molecule has 2 N–H and O–H groups in total. The average Bonchev–Trinajstić information content (AvgIpc) is 2.03. The summed E-state index contributed by atoms with van der Waals surface area (Å²) in [5, 5.41) is 10.9. The fraction of sp³-hybridized carbons (Fsp3) is 0.143. The Morgan fingerprint density at radius 2 is 2.07 bits per heavy atom. The topological polar surface area (TPSA) is 99.9 Å². The van der Waals surface area contributed by atoms with E-state index in [1.165, 1.54) is 6.21 Å². The Bertz CT molecular complexity index is 366. The zero-order valence-electron chi connectivity index (χ0n) is 7.40. The van der Waals surface area contributed by atoms with Gasteiger partial charge in [-0.25, -0.2) is 0 Å². The van der Waals surface area contributed by atoms with Crippen molar-refractivity contribution in [1.29, 1.82) is 0 Å². The number of aromatic nitrogens is 1. The summed E-state index contributed by atoms with van der Waals surface area (Å²) < 4.78 is 25.9. The molecular formula is C7H10N2O4S. The van der Waals surface area contributed by atoms with Crippen LogP contribution in [0.2, 0.25) is 0 Å². The van der Waals surface area contributed by atoms with E-state index < -0.39 is 10.1 Å². The van der Waals surface area contributed by atoms with Gasteiger partial charge in [-0.05, 0) is 12.1 Å². The maximum absolute atomic E-state index is 9.19. The van der Waals surface area contributed by atoms with Crippen LogP contribution in [0.3, 0.4) is 0 Å². The lowest BCUT2D eigenvalue weighted by Crippen LogP contribution is -1.88. The molecule has 14 heavy (non-hydrogen) atoms. The molecule has 0 unspecified atom stereocenters. The second-order valence-electron chi connectivity index (χ2n) is 2.23. The second-order valence-corrected chi connectivity index (χ2v) is 3.70. The number of hydrogen-bond donors (Lipinski definition) is 2. The van der Waals surface area contributed by atoms with Crippen molar-refractivity contribution in [3.05, 3.63) is 30.1 Å².